The van der Waals surface area contributed by atoms with Crippen LogP contribution < -0.4 is 0 Å². The minimum absolute atomic E-state index is 0.0270. The summed E-state index contributed by atoms with van der Waals surface area (Å²) in [5.74, 6) is -0.290. The number of hydrogen-bond donors (Lipinski definition) is 1. The van der Waals surface area contributed by atoms with Crippen LogP contribution in [0.2, 0.25) is 5.02 Å². The van der Waals surface area contributed by atoms with Crippen LogP contribution in [0.5, 0.6) is 5.75 Å². The number of benzene rings is 1. The molecular formula is C13H8ClIO2S. The summed E-state index contributed by atoms with van der Waals surface area (Å²) in [7, 11) is 0. The second kappa shape index (κ2) is 5.86. The Kier molecular flexibility index (Phi) is 4.42. The average molecular weight is 391 g/mol. The molecule has 0 bridgehead atoms. The molecule has 18 heavy (non-hydrogen) atoms. The Labute approximate surface area is 127 Å². The Hall–Kier alpha value is -0.850. The van der Waals surface area contributed by atoms with Gasteiger partial charge in [-0.15, -0.1) is 11.3 Å². The maximum atomic E-state index is 12.0. The normalized spacial score (nSPS) is 11.0. The summed E-state index contributed by atoms with van der Waals surface area (Å²) in [6.45, 7) is 0. The molecule has 0 aliphatic heterocycles. The number of rotatable bonds is 3. The highest BCUT2D eigenvalue weighted by molar-refractivity contribution is 14.1. The number of carbonyl (C=O) groups excluding carboxylic acids is 1. The van der Waals surface area contributed by atoms with Crippen molar-refractivity contribution >= 4 is 57.4 Å². The van der Waals surface area contributed by atoms with Crippen LogP contribution >= 0.6 is 45.5 Å². The number of allylic oxidation sites excluding steroid dienone is 1. The van der Waals surface area contributed by atoms with Crippen LogP contribution in [0.15, 0.2) is 35.7 Å². The lowest BCUT2D eigenvalue weighted by Gasteiger charge is -2.03. The van der Waals surface area contributed by atoms with E-state index in [0.717, 1.165) is 4.88 Å². The Morgan fingerprint density at radius 3 is 2.89 bits per heavy atom. The van der Waals surface area contributed by atoms with E-state index in [9.17, 15) is 9.90 Å². The molecule has 0 aliphatic rings. The van der Waals surface area contributed by atoms with Crippen molar-refractivity contribution in [3.05, 3.63) is 54.8 Å². The number of aromatic hydroxyl groups is 1. The number of phenols is 1. The summed E-state index contributed by atoms with van der Waals surface area (Å²) < 4.78 is 0.563. The monoisotopic (exact) mass is 390 g/mol. The van der Waals surface area contributed by atoms with E-state index in [2.05, 4.69) is 0 Å². The molecule has 0 saturated carbocycles. The fourth-order valence-electron chi connectivity index (χ4n) is 1.39. The van der Waals surface area contributed by atoms with Gasteiger partial charge in [0.05, 0.1) is 9.13 Å². The molecule has 0 atom stereocenters. The Morgan fingerprint density at radius 1 is 1.44 bits per heavy atom. The quantitative estimate of drug-likeness (QED) is 0.472. The van der Waals surface area contributed by atoms with E-state index in [1.165, 1.54) is 12.1 Å². The van der Waals surface area contributed by atoms with E-state index in [-0.39, 0.29) is 17.1 Å². The first-order valence-electron chi connectivity index (χ1n) is 5.02. The summed E-state index contributed by atoms with van der Waals surface area (Å²) in [5.41, 5.74) is 0.222. The molecule has 0 fully saturated rings. The summed E-state index contributed by atoms with van der Waals surface area (Å²) in [5, 5.41) is 12.2. The van der Waals surface area contributed by atoms with Crippen molar-refractivity contribution in [2.24, 2.45) is 0 Å². The predicted octanol–water partition coefficient (Wildman–Crippen LogP) is 4.61. The van der Waals surface area contributed by atoms with Gasteiger partial charge in [0.1, 0.15) is 5.75 Å². The Balaban J connectivity index is 2.29. The zero-order chi connectivity index (χ0) is 13.1. The van der Waals surface area contributed by atoms with Gasteiger partial charge in [0.2, 0.25) is 0 Å². The Morgan fingerprint density at radius 2 is 2.22 bits per heavy atom. The number of halogens is 2. The van der Waals surface area contributed by atoms with E-state index in [0.29, 0.717) is 8.59 Å². The second-order valence-corrected chi connectivity index (χ2v) is 6.07. The fourth-order valence-corrected chi connectivity index (χ4v) is 3.03. The third-order valence-corrected chi connectivity index (χ3v) is 4.11. The molecule has 1 aromatic carbocycles. The summed E-state index contributed by atoms with van der Waals surface area (Å²) in [4.78, 5) is 12.9. The van der Waals surface area contributed by atoms with Gasteiger partial charge in [0.25, 0.3) is 0 Å². The maximum absolute atomic E-state index is 12.0. The number of phenolic OH excluding ortho intramolecular Hbond substituents is 1. The highest BCUT2D eigenvalue weighted by atomic mass is 127. The minimum Gasteiger partial charge on any atom is -0.506 e. The molecule has 2 nitrogen and oxygen atoms in total. The van der Waals surface area contributed by atoms with Crippen LogP contribution in [0, 0.1) is 3.57 Å². The van der Waals surface area contributed by atoms with Crippen molar-refractivity contribution in [1.29, 1.82) is 0 Å². The van der Waals surface area contributed by atoms with Crippen LogP contribution in [-0.2, 0) is 0 Å². The van der Waals surface area contributed by atoms with Crippen molar-refractivity contribution in [3.63, 3.8) is 0 Å². The highest BCUT2D eigenvalue weighted by Crippen LogP contribution is 2.29. The van der Waals surface area contributed by atoms with Gasteiger partial charge in [-0.25, -0.2) is 0 Å². The minimum atomic E-state index is -0.263. The van der Waals surface area contributed by atoms with Gasteiger partial charge < -0.3 is 5.11 Å². The van der Waals surface area contributed by atoms with Crippen LogP contribution in [-0.4, -0.2) is 10.9 Å². The van der Waals surface area contributed by atoms with Gasteiger partial charge in [0, 0.05) is 9.90 Å². The van der Waals surface area contributed by atoms with Crippen LogP contribution in [0.1, 0.15) is 15.2 Å². The molecular weight excluding hydrogens is 383 g/mol. The van der Waals surface area contributed by atoms with Crippen LogP contribution in [0.3, 0.4) is 0 Å². The largest absolute Gasteiger partial charge is 0.506 e. The van der Waals surface area contributed by atoms with E-state index in [1.54, 1.807) is 23.5 Å². The van der Waals surface area contributed by atoms with E-state index in [4.69, 9.17) is 11.6 Å². The van der Waals surface area contributed by atoms with Crippen molar-refractivity contribution in [2.45, 2.75) is 0 Å². The molecule has 0 saturated heterocycles. The second-order valence-electron chi connectivity index (χ2n) is 3.50. The molecule has 0 amide bonds. The van der Waals surface area contributed by atoms with E-state index < -0.39 is 0 Å². The lowest BCUT2D eigenvalue weighted by molar-refractivity contribution is 0.104. The zero-order valence-electron chi connectivity index (χ0n) is 9.06. The number of ketones is 1. The van der Waals surface area contributed by atoms with E-state index >= 15 is 0 Å². The number of hydrogen-bond acceptors (Lipinski definition) is 3. The zero-order valence-corrected chi connectivity index (χ0v) is 12.8. The standard InChI is InChI=1S/C13H8ClIO2S/c14-8-6-10(13(17)11(15)7-8)12(16)4-3-9-2-1-5-18-9/h1-7,17H/b4-3+. The average Bonchev–Trinajstić information content (AvgIpc) is 2.83. The van der Waals surface area contributed by atoms with Crippen molar-refractivity contribution in [1.82, 2.24) is 0 Å². The highest BCUT2D eigenvalue weighted by Gasteiger charge is 2.12. The molecule has 0 spiro atoms. The van der Waals surface area contributed by atoms with Gasteiger partial charge in [-0.2, -0.15) is 0 Å². The summed E-state index contributed by atoms with van der Waals surface area (Å²) in [6.07, 6.45) is 3.16. The fraction of sp³-hybridized carbons (Fsp3) is 0. The lowest BCUT2D eigenvalue weighted by Crippen LogP contribution is -1.96. The first kappa shape index (κ1) is 13.6. The van der Waals surface area contributed by atoms with Crippen LogP contribution in [0.4, 0.5) is 0 Å². The molecule has 92 valence electrons. The molecule has 0 radical (unpaired) electrons. The molecule has 1 heterocycles. The first-order chi connectivity index (χ1) is 8.58. The van der Waals surface area contributed by atoms with Gasteiger partial charge in [-0.3, -0.25) is 4.79 Å². The smallest absolute Gasteiger partial charge is 0.189 e. The third kappa shape index (κ3) is 3.13. The van der Waals surface area contributed by atoms with Gasteiger partial charge in [0.15, 0.2) is 5.78 Å². The lowest BCUT2D eigenvalue weighted by atomic mass is 10.1. The molecule has 0 unspecified atom stereocenters. The first-order valence-corrected chi connectivity index (χ1v) is 7.35. The van der Waals surface area contributed by atoms with E-state index in [1.807, 2.05) is 40.1 Å². The molecule has 1 N–H and O–H groups in total. The third-order valence-electron chi connectivity index (χ3n) is 2.24. The van der Waals surface area contributed by atoms with Gasteiger partial charge in [-0.1, -0.05) is 17.7 Å². The summed E-state index contributed by atoms with van der Waals surface area (Å²) >= 11 is 9.36. The SMILES string of the molecule is O=C(/C=C/c1cccs1)c1cc(Cl)cc(I)c1O. The van der Waals surface area contributed by atoms with Gasteiger partial charge >= 0.3 is 0 Å². The summed E-state index contributed by atoms with van der Waals surface area (Å²) in [6, 6.07) is 6.90. The predicted molar refractivity (Wildman–Crippen MR) is 83.5 cm³/mol. The molecule has 1 aromatic heterocycles. The topological polar surface area (TPSA) is 37.3 Å². The number of thiophene rings is 1. The molecule has 5 heteroatoms. The van der Waals surface area contributed by atoms with Crippen LogP contribution in [0.25, 0.3) is 6.08 Å². The maximum Gasteiger partial charge on any atom is 0.189 e. The van der Waals surface area contributed by atoms with Crippen molar-refractivity contribution < 1.29 is 9.90 Å². The number of carbonyl (C=O) groups is 1. The molecule has 2 rings (SSSR count). The van der Waals surface area contributed by atoms with Gasteiger partial charge in [-0.05, 0) is 58.3 Å². The van der Waals surface area contributed by atoms with Crippen molar-refractivity contribution in [2.75, 3.05) is 0 Å². The molecule has 2 aromatic rings. The molecule has 0 aliphatic carbocycles. The van der Waals surface area contributed by atoms with Crippen molar-refractivity contribution in [3.8, 4) is 5.75 Å². The Bertz CT molecular complexity index is 606.